The van der Waals surface area contributed by atoms with Gasteiger partial charge >= 0.3 is 0 Å². The fraction of sp³-hybridized carbons (Fsp3) is 0.286. The molecule has 0 amide bonds. The zero-order valence-corrected chi connectivity index (χ0v) is 24.9. The van der Waals surface area contributed by atoms with Crippen molar-refractivity contribution in [2.45, 2.75) is 42.8 Å². The molecule has 0 unspecified atom stereocenters. The van der Waals surface area contributed by atoms with Crippen molar-refractivity contribution < 1.29 is 13.2 Å². The van der Waals surface area contributed by atoms with Crippen LogP contribution in [-0.4, -0.2) is 36.2 Å². The Morgan fingerprint density at radius 3 is 2.08 bits per heavy atom. The molecule has 0 saturated carbocycles. The lowest BCUT2D eigenvalue weighted by molar-refractivity contribution is 0.125. The molecule has 0 aliphatic carbocycles. The first-order chi connectivity index (χ1) is 17.9. The highest BCUT2D eigenvalue weighted by molar-refractivity contribution is 14.2. The fourth-order valence-corrected chi connectivity index (χ4v) is 9.31. The number of hydrogen-bond acceptors (Lipinski definition) is 5. The largest absolute Gasteiger partial charge is 0.498 e. The molecule has 9 heteroatoms. The summed E-state index contributed by atoms with van der Waals surface area (Å²) in [6.07, 6.45) is 1.33. The van der Waals surface area contributed by atoms with Crippen LogP contribution in [0.25, 0.3) is 0 Å². The highest BCUT2D eigenvalue weighted by atomic mass is 127. The lowest BCUT2D eigenvalue weighted by atomic mass is 9.84. The number of rotatable bonds is 7. The van der Waals surface area contributed by atoms with Crippen LogP contribution >= 0.6 is 41.9 Å². The molecule has 1 saturated heterocycles. The first-order valence-corrected chi connectivity index (χ1v) is 17.4. The molecule has 194 valence electrons. The monoisotopic (exact) mass is 666 g/mol. The van der Waals surface area contributed by atoms with Crippen molar-refractivity contribution in [3.8, 4) is 0 Å². The summed E-state index contributed by atoms with van der Waals surface area (Å²) in [7, 11) is -2.11. The van der Waals surface area contributed by atoms with E-state index in [1.54, 1.807) is 37.7 Å². The average molecular weight is 667 g/mol. The Bertz CT molecular complexity index is 1360. The molecule has 0 aromatic heterocycles. The minimum absolute atomic E-state index is 0.0317. The van der Waals surface area contributed by atoms with Crippen molar-refractivity contribution in [1.29, 1.82) is 0 Å². The molecule has 2 aliphatic rings. The zero-order valence-electron chi connectivity index (χ0n) is 20.3. The number of sulfonamides is 1. The maximum atomic E-state index is 14.1. The molecule has 3 atom stereocenters. The van der Waals surface area contributed by atoms with Crippen LogP contribution in [0.4, 0.5) is 0 Å². The van der Waals surface area contributed by atoms with Gasteiger partial charge in [-0.2, -0.15) is 4.31 Å². The normalized spacial score (nSPS) is 23.1. The maximum Gasteiger partial charge on any atom is 0.243 e. The Kier molecular flexibility index (Phi) is 8.53. The van der Waals surface area contributed by atoms with Crippen molar-refractivity contribution in [2.75, 3.05) is 13.2 Å². The van der Waals surface area contributed by atoms with Gasteiger partial charge in [0.25, 0.3) is 0 Å². The summed E-state index contributed by atoms with van der Waals surface area (Å²) < 4.78 is 38.4. The lowest BCUT2D eigenvalue weighted by Gasteiger charge is -2.49. The Labute approximate surface area is 240 Å². The third-order valence-corrected chi connectivity index (χ3v) is 11.2. The number of ether oxygens (including phenoxy) is 1. The van der Waals surface area contributed by atoms with Gasteiger partial charge in [-0.3, -0.25) is 0 Å². The fourth-order valence-electron chi connectivity index (χ4n) is 5.33. The SMILES string of the molecule is CCOC1=C2CN(S(=O)(=O)c3ccc(Cl)cc3)[C@H](c3ccccc3)C[C@@H]2N(SI)[C@H](c2ccccc2)C1. The second kappa shape index (κ2) is 11.7. The predicted molar refractivity (Wildman–Crippen MR) is 159 cm³/mol. The second-order valence-electron chi connectivity index (χ2n) is 9.12. The number of hydrogen-bond donors (Lipinski definition) is 0. The van der Waals surface area contributed by atoms with Gasteiger partial charge in [-0.1, -0.05) is 72.3 Å². The van der Waals surface area contributed by atoms with Gasteiger partial charge in [0.2, 0.25) is 10.0 Å². The van der Waals surface area contributed by atoms with E-state index in [0.717, 1.165) is 16.9 Å². The van der Waals surface area contributed by atoms with Crippen LogP contribution in [0.1, 0.15) is 43.0 Å². The molecule has 0 N–H and O–H groups in total. The molecule has 3 aromatic rings. The van der Waals surface area contributed by atoms with Crippen LogP contribution in [-0.2, 0) is 14.8 Å². The summed E-state index contributed by atoms with van der Waals surface area (Å²) in [5.74, 6) is 0.908. The quantitative estimate of drug-likeness (QED) is 0.192. The Balaban J connectivity index is 1.63. The predicted octanol–water partition coefficient (Wildman–Crippen LogP) is 7.58. The minimum Gasteiger partial charge on any atom is -0.498 e. The zero-order chi connectivity index (χ0) is 26.0. The van der Waals surface area contributed by atoms with Crippen molar-refractivity contribution in [1.82, 2.24) is 8.61 Å². The van der Waals surface area contributed by atoms with Gasteiger partial charge in [0.1, 0.15) is 0 Å². The smallest absolute Gasteiger partial charge is 0.243 e. The lowest BCUT2D eigenvalue weighted by Crippen LogP contribution is -2.51. The van der Waals surface area contributed by atoms with E-state index in [9.17, 15) is 8.42 Å². The Hall–Kier alpha value is -1.56. The molecule has 2 heterocycles. The molecule has 1 fully saturated rings. The summed E-state index contributed by atoms with van der Waals surface area (Å²) >= 11 is 8.43. The van der Waals surface area contributed by atoms with Gasteiger partial charge < -0.3 is 4.74 Å². The molecule has 5 nitrogen and oxygen atoms in total. The van der Waals surface area contributed by atoms with Crippen LogP contribution in [0.15, 0.2) is 101 Å². The summed E-state index contributed by atoms with van der Waals surface area (Å²) in [6.45, 7) is 2.80. The number of halogens is 2. The van der Waals surface area contributed by atoms with E-state index in [4.69, 9.17) is 16.3 Å². The first kappa shape index (κ1) is 27.0. The molecule has 2 aliphatic heterocycles. The molecule has 37 heavy (non-hydrogen) atoms. The Morgan fingerprint density at radius 1 is 0.919 bits per heavy atom. The first-order valence-electron chi connectivity index (χ1n) is 12.2. The summed E-state index contributed by atoms with van der Waals surface area (Å²) in [5.41, 5.74) is 3.26. The standard InChI is InChI=1S/C28H28ClIN2O3S2/c1-2-35-28-18-26(21-11-7-4-8-12-21)32(36-30)27-17-25(20-9-5-3-6-10-20)31(19-24(27)28)37(33,34)23-15-13-22(29)14-16-23/h3-16,25-27H,2,17-19H2,1H3/t25-,26-,27-/m0/s1. The molecule has 0 bridgehead atoms. The van der Waals surface area contributed by atoms with Gasteiger partial charge in [-0.25, -0.2) is 12.7 Å². The summed E-state index contributed by atoms with van der Waals surface area (Å²) in [4.78, 5) is 0.243. The van der Waals surface area contributed by atoms with Crippen LogP contribution in [0.3, 0.4) is 0 Å². The van der Waals surface area contributed by atoms with E-state index >= 15 is 0 Å². The number of nitrogens with zero attached hydrogens (tertiary/aromatic N) is 2. The number of fused-ring (bicyclic) bond motifs is 1. The van der Waals surface area contributed by atoms with Crippen molar-refractivity contribution in [2.24, 2.45) is 0 Å². The van der Waals surface area contributed by atoms with E-state index in [0.29, 0.717) is 24.5 Å². The van der Waals surface area contributed by atoms with Crippen LogP contribution in [0.2, 0.25) is 5.02 Å². The van der Waals surface area contributed by atoms with Gasteiger partial charge in [0.15, 0.2) is 0 Å². The van der Waals surface area contributed by atoms with E-state index < -0.39 is 10.0 Å². The van der Waals surface area contributed by atoms with Crippen LogP contribution in [0.5, 0.6) is 0 Å². The Morgan fingerprint density at radius 2 is 1.51 bits per heavy atom. The van der Waals surface area contributed by atoms with Crippen LogP contribution < -0.4 is 0 Å². The van der Waals surface area contributed by atoms with E-state index in [2.05, 4.69) is 49.8 Å². The van der Waals surface area contributed by atoms with E-state index in [1.807, 2.05) is 43.3 Å². The number of piperidine rings is 1. The summed E-state index contributed by atoms with van der Waals surface area (Å²) in [6, 6.07) is 26.7. The topological polar surface area (TPSA) is 49.9 Å². The summed E-state index contributed by atoms with van der Waals surface area (Å²) in [5, 5.41) is 0.507. The minimum atomic E-state index is -3.80. The number of benzene rings is 3. The van der Waals surface area contributed by atoms with Gasteiger partial charge in [0, 0.05) is 50.8 Å². The van der Waals surface area contributed by atoms with E-state index in [1.165, 1.54) is 5.56 Å². The molecular weight excluding hydrogens is 639 g/mol. The van der Waals surface area contributed by atoms with Gasteiger partial charge in [0.05, 0.1) is 29.3 Å². The third-order valence-electron chi connectivity index (χ3n) is 7.06. The van der Waals surface area contributed by atoms with Crippen molar-refractivity contribution >= 4 is 51.9 Å². The second-order valence-corrected chi connectivity index (χ2v) is 13.2. The molecule has 0 spiro atoms. The van der Waals surface area contributed by atoms with Gasteiger partial charge in [-0.15, -0.1) is 0 Å². The maximum absolute atomic E-state index is 14.1. The van der Waals surface area contributed by atoms with E-state index in [-0.39, 0.29) is 29.6 Å². The van der Waals surface area contributed by atoms with Gasteiger partial charge in [-0.05, 0) is 57.9 Å². The average Bonchev–Trinajstić information content (AvgIpc) is 2.93. The molecular formula is C28H28ClIN2O3S2. The highest BCUT2D eigenvalue weighted by Crippen LogP contribution is 2.50. The highest BCUT2D eigenvalue weighted by Gasteiger charge is 2.47. The molecule has 5 rings (SSSR count). The third kappa shape index (κ3) is 5.46. The van der Waals surface area contributed by atoms with Crippen molar-refractivity contribution in [3.63, 3.8) is 0 Å². The molecule has 0 radical (unpaired) electrons. The van der Waals surface area contributed by atoms with Crippen LogP contribution in [0, 0.1) is 0 Å². The van der Waals surface area contributed by atoms with Crippen molar-refractivity contribution in [3.05, 3.63) is 112 Å². The molecule has 3 aromatic carbocycles.